The summed E-state index contributed by atoms with van der Waals surface area (Å²) >= 11 is 6.17. The second-order valence-electron chi connectivity index (χ2n) is 4.04. The van der Waals surface area contributed by atoms with Crippen molar-refractivity contribution in [3.05, 3.63) is 28.8 Å². The maximum Gasteiger partial charge on any atom is 0.0992 e. The van der Waals surface area contributed by atoms with E-state index in [1.54, 1.807) is 12.1 Å². The predicted molar refractivity (Wildman–Crippen MR) is 65.8 cm³/mol. The van der Waals surface area contributed by atoms with E-state index in [2.05, 4.69) is 16.3 Å². The van der Waals surface area contributed by atoms with Gasteiger partial charge in [0.1, 0.15) is 0 Å². The summed E-state index contributed by atoms with van der Waals surface area (Å²) in [5, 5.41) is 12.7. The van der Waals surface area contributed by atoms with Crippen LogP contribution in [0.5, 0.6) is 0 Å². The molecule has 1 aromatic carbocycles. The molecule has 0 aromatic heterocycles. The van der Waals surface area contributed by atoms with Gasteiger partial charge in [0, 0.05) is 19.6 Å². The molecule has 1 saturated heterocycles. The molecule has 1 aromatic rings. The molecule has 0 amide bonds. The summed E-state index contributed by atoms with van der Waals surface area (Å²) in [6.45, 7) is 2.05. The normalized spacial score (nSPS) is 19.4. The van der Waals surface area contributed by atoms with E-state index in [-0.39, 0.29) is 0 Å². The Kier molecular flexibility index (Phi) is 3.33. The van der Waals surface area contributed by atoms with Crippen LogP contribution < -0.4 is 10.2 Å². The van der Waals surface area contributed by atoms with Gasteiger partial charge in [-0.15, -0.1) is 0 Å². The van der Waals surface area contributed by atoms with E-state index in [4.69, 9.17) is 16.9 Å². The van der Waals surface area contributed by atoms with E-state index >= 15 is 0 Å². The average molecular weight is 236 g/mol. The van der Waals surface area contributed by atoms with Crippen LogP contribution in [0.3, 0.4) is 0 Å². The van der Waals surface area contributed by atoms with Gasteiger partial charge in [0.15, 0.2) is 0 Å². The second-order valence-corrected chi connectivity index (χ2v) is 4.44. The molecule has 3 nitrogen and oxygen atoms in total. The van der Waals surface area contributed by atoms with Crippen molar-refractivity contribution in [1.82, 2.24) is 5.32 Å². The number of nitrogens with zero attached hydrogens (tertiary/aromatic N) is 2. The largest absolute Gasteiger partial charge is 0.369 e. The van der Waals surface area contributed by atoms with Crippen LogP contribution in [0.15, 0.2) is 18.2 Å². The van der Waals surface area contributed by atoms with Gasteiger partial charge < -0.3 is 10.2 Å². The topological polar surface area (TPSA) is 39.1 Å². The summed E-state index contributed by atoms with van der Waals surface area (Å²) in [4.78, 5) is 2.18. The lowest BCUT2D eigenvalue weighted by Gasteiger charge is -2.26. The van der Waals surface area contributed by atoms with Gasteiger partial charge >= 0.3 is 0 Å². The first kappa shape index (κ1) is 11.3. The molecular weight excluding hydrogens is 222 g/mol. The van der Waals surface area contributed by atoms with Crippen molar-refractivity contribution < 1.29 is 0 Å². The van der Waals surface area contributed by atoms with Crippen molar-refractivity contribution in [3.8, 4) is 6.07 Å². The van der Waals surface area contributed by atoms with Crippen LogP contribution in [0.1, 0.15) is 12.0 Å². The highest BCUT2D eigenvalue weighted by Crippen LogP contribution is 2.28. The number of nitriles is 1. The SMILES string of the molecule is CN(c1ccc(C#N)cc1Cl)C1CCNC1. The van der Waals surface area contributed by atoms with Crippen molar-refractivity contribution in [3.63, 3.8) is 0 Å². The number of hydrogen-bond donors (Lipinski definition) is 1. The van der Waals surface area contributed by atoms with Crippen molar-refractivity contribution in [2.75, 3.05) is 25.0 Å². The third-order valence-corrected chi connectivity index (χ3v) is 3.34. The Labute approximate surface area is 101 Å². The molecule has 2 rings (SSSR count). The number of benzene rings is 1. The Morgan fingerprint density at radius 2 is 2.38 bits per heavy atom. The molecule has 1 atom stereocenters. The fourth-order valence-electron chi connectivity index (χ4n) is 2.03. The highest BCUT2D eigenvalue weighted by molar-refractivity contribution is 6.33. The number of anilines is 1. The molecule has 0 aliphatic carbocycles. The molecule has 4 heteroatoms. The highest BCUT2D eigenvalue weighted by Gasteiger charge is 2.20. The van der Waals surface area contributed by atoms with E-state index in [9.17, 15) is 0 Å². The molecule has 1 heterocycles. The fraction of sp³-hybridized carbons (Fsp3) is 0.417. The molecular formula is C12H14ClN3. The summed E-state index contributed by atoms with van der Waals surface area (Å²) < 4.78 is 0. The second kappa shape index (κ2) is 4.73. The maximum atomic E-state index is 8.77. The maximum absolute atomic E-state index is 8.77. The van der Waals surface area contributed by atoms with Gasteiger partial charge in [0.25, 0.3) is 0 Å². The van der Waals surface area contributed by atoms with E-state index < -0.39 is 0 Å². The zero-order valence-corrected chi connectivity index (χ0v) is 9.96. The Morgan fingerprint density at radius 1 is 1.56 bits per heavy atom. The van der Waals surface area contributed by atoms with Crippen molar-refractivity contribution in [1.29, 1.82) is 5.26 Å². The van der Waals surface area contributed by atoms with Crippen molar-refractivity contribution in [2.45, 2.75) is 12.5 Å². The average Bonchev–Trinajstić information content (AvgIpc) is 2.81. The minimum atomic E-state index is 0.491. The monoisotopic (exact) mass is 235 g/mol. The van der Waals surface area contributed by atoms with Gasteiger partial charge in [-0.3, -0.25) is 0 Å². The molecule has 0 saturated carbocycles. The van der Waals surface area contributed by atoms with Crippen LogP contribution in [0.2, 0.25) is 5.02 Å². The van der Waals surface area contributed by atoms with Gasteiger partial charge in [-0.1, -0.05) is 11.6 Å². The number of hydrogen-bond acceptors (Lipinski definition) is 3. The Balaban J connectivity index is 2.23. The number of likely N-dealkylation sites (N-methyl/N-ethyl adjacent to an activating group) is 1. The van der Waals surface area contributed by atoms with Gasteiger partial charge in [-0.25, -0.2) is 0 Å². The number of nitrogens with one attached hydrogen (secondary N) is 1. The van der Waals surface area contributed by atoms with Crippen LogP contribution in [0.25, 0.3) is 0 Å². The standard InChI is InChI=1S/C12H14ClN3/c1-16(10-4-5-15-8-10)12-3-2-9(7-14)6-11(12)13/h2-3,6,10,15H,4-5,8H2,1H3. The zero-order chi connectivity index (χ0) is 11.5. The lowest BCUT2D eigenvalue weighted by molar-refractivity contribution is 0.686. The van der Waals surface area contributed by atoms with E-state index in [0.29, 0.717) is 16.6 Å². The number of halogens is 1. The molecule has 1 unspecified atom stereocenters. The molecule has 0 bridgehead atoms. The summed E-state index contributed by atoms with van der Waals surface area (Å²) in [6, 6.07) is 8.02. The van der Waals surface area contributed by atoms with Crippen LogP contribution in [0, 0.1) is 11.3 Å². The van der Waals surface area contributed by atoms with Crippen LogP contribution in [0.4, 0.5) is 5.69 Å². The first-order valence-corrected chi connectivity index (χ1v) is 5.73. The molecule has 1 aliphatic heterocycles. The third-order valence-electron chi connectivity index (χ3n) is 3.04. The summed E-state index contributed by atoms with van der Waals surface area (Å²) in [6.07, 6.45) is 1.13. The molecule has 0 spiro atoms. The Morgan fingerprint density at radius 3 is 2.94 bits per heavy atom. The third kappa shape index (κ3) is 2.13. The zero-order valence-electron chi connectivity index (χ0n) is 9.20. The molecule has 1 fully saturated rings. The molecule has 0 radical (unpaired) electrons. The minimum Gasteiger partial charge on any atom is -0.369 e. The molecule has 84 valence electrons. The lowest BCUT2D eigenvalue weighted by Crippen LogP contribution is -2.33. The predicted octanol–water partition coefficient (Wildman–Crippen LogP) is 2.01. The molecule has 16 heavy (non-hydrogen) atoms. The summed E-state index contributed by atoms with van der Waals surface area (Å²) in [7, 11) is 2.05. The van der Waals surface area contributed by atoms with Gasteiger partial charge in [0.05, 0.1) is 22.3 Å². The summed E-state index contributed by atoms with van der Waals surface area (Å²) in [5.41, 5.74) is 1.60. The fourth-order valence-corrected chi connectivity index (χ4v) is 2.34. The van der Waals surface area contributed by atoms with Crippen LogP contribution in [-0.4, -0.2) is 26.2 Å². The van der Waals surface area contributed by atoms with E-state index in [1.165, 1.54) is 0 Å². The smallest absolute Gasteiger partial charge is 0.0992 e. The highest BCUT2D eigenvalue weighted by atomic mass is 35.5. The summed E-state index contributed by atoms with van der Waals surface area (Å²) in [5.74, 6) is 0. The van der Waals surface area contributed by atoms with Crippen molar-refractivity contribution >= 4 is 17.3 Å². The van der Waals surface area contributed by atoms with Gasteiger partial charge in [-0.05, 0) is 31.2 Å². The van der Waals surface area contributed by atoms with Gasteiger partial charge in [-0.2, -0.15) is 5.26 Å². The molecule has 1 aliphatic rings. The first-order valence-electron chi connectivity index (χ1n) is 5.35. The van der Waals surface area contributed by atoms with E-state index in [1.807, 2.05) is 13.1 Å². The number of rotatable bonds is 2. The van der Waals surface area contributed by atoms with Crippen LogP contribution >= 0.6 is 11.6 Å². The lowest BCUT2D eigenvalue weighted by atomic mass is 10.1. The Bertz CT molecular complexity index is 419. The Hall–Kier alpha value is -1.24. The first-order chi connectivity index (χ1) is 7.72. The van der Waals surface area contributed by atoms with E-state index in [0.717, 1.165) is 25.2 Å². The minimum absolute atomic E-state index is 0.491. The molecule has 1 N–H and O–H groups in total. The van der Waals surface area contributed by atoms with Crippen molar-refractivity contribution in [2.24, 2.45) is 0 Å². The van der Waals surface area contributed by atoms with Gasteiger partial charge in [0.2, 0.25) is 0 Å². The van der Waals surface area contributed by atoms with Crippen LogP contribution in [-0.2, 0) is 0 Å². The quantitative estimate of drug-likeness (QED) is 0.853.